The summed E-state index contributed by atoms with van der Waals surface area (Å²) in [6.07, 6.45) is -0.783. The molecule has 0 atom stereocenters. The Morgan fingerprint density at radius 3 is 2.71 bits per heavy atom. The molecule has 0 spiro atoms. The number of likely N-dealkylation sites (N-methyl/N-ethyl adjacent to an activating group) is 1. The van der Waals surface area contributed by atoms with Gasteiger partial charge in [-0.05, 0) is 24.7 Å². The SMILES string of the molecule is CCN1CCN(C(=O)CCn2c(C(F)F)cc3cccnc32)CC1. The lowest BCUT2D eigenvalue weighted by Crippen LogP contribution is -2.48. The van der Waals surface area contributed by atoms with Gasteiger partial charge in [-0.1, -0.05) is 6.92 Å². The summed E-state index contributed by atoms with van der Waals surface area (Å²) in [7, 11) is 0. The number of aromatic nitrogens is 2. The molecule has 1 saturated heterocycles. The standard InChI is InChI=1S/C17H22F2N4O/c1-2-21-8-10-22(11-9-21)15(24)5-7-23-14(16(18)19)12-13-4-3-6-20-17(13)23/h3-4,6,12,16H,2,5,7-11H2,1H3. The van der Waals surface area contributed by atoms with Crippen molar-refractivity contribution in [1.82, 2.24) is 19.4 Å². The maximum absolute atomic E-state index is 13.3. The largest absolute Gasteiger partial charge is 0.340 e. The molecule has 0 saturated carbocycles. The number of carbonyl (C=O) groups excluding carboxylic acids is 1. The fraction of sp³-hybridized carbons (Fsp3) is 0.529. The molecule has 0 radical (unpaired) electrons. The minimum atomic E-state index is -2.58. The van der Waals surface area contributed by atoms with E-state index >= 15 is 0 Å². The van der Waals surface area contributed by atoms with Gasteiger partial charge in [-0.25, -0.2) is 13.8 Å². The van der Waals surface area contributed by atoms with Gasteiger partial charge in [0, 0.05) is 50.7 Å². The highest BCUT2D eigenvalue weighted by molar-refractivity contribution is 5.79. The minimum absolute atomic E-state index is 0.0174. The normalized spacial score (nSPS) is 16.2. The van der Waals surface area contributed by atoms with E-state index in [9.17, 15) is 13.6 Å². The highest BCUT2D eigenvalue weighted by atomic mass is 19.3. The van der Waals surface area contributed by atoms with E-state index in [1.165, 1.54) is 10.6 Å². The molecule has 7 heteroatoms. The van der Waals surface area contributed by atoms with Crippen molar-refractivity contribution in [3.8, 4) is 0 Å². The summed E-state index contributed by atoms with van der Waals surface area (Å²) in [4.78, 5) is 20.7. The van der Waals surface area contributed by atoms with Crippen LogP contribution in [0.4, 0.5) is 8.78 Å². The highest BCUT2D eigenvalue weighted by Gasteiger charge is 2.22. The number of aryl methyl sites for hydroxylation is 1. The lowest BCUT2D eigenvalue weighted by Gasteiger charge is -2.34. The first-order chi connectivity index (χ1) is 11.6. The Balaban J connectivity index is 1.69. The molecule has 3 rings (SSSR count). The summed E-state index contributed by atoms with van der Waals surface area (Å²) in [6, 6.07) is 4.94. The molecule has 2 aromatic rings. The number of nitrogens with zero attached hydrogens (tertiary/aromatic N) is 4. The van der Waals surface area contributed by atoms with E-state index in [0.717, 1.165) is 19.6 Å². The van der Waals surface area contributed by atoms with Crippen LogP contribution in [0.2, 0.25) is 0 Å². The van der Waals surface area contributed by atoms with Crippen molar-refractivity contribution in [2.75, 3.05) is 32.7 Å². The maximum Gasteiger partial charge on any atom is 0.278 e. The van der Waals surface area contributed by atoms with Gasteiger partial charge in [0.25, 0.3) is 6.43 Å². The number of alkyl halides is 2. The molecule has 0 unspecified atom stereocenters. The Labute approximate surface area is 139 Å². The Morgan fingerprint density at radius 2 is 2.04 bits per heavy atom. The Bertz CT molecular complexity index is 708. The molecule has 1 amide bonds. The zero-order chi connectivity index (χ0) is 17.1. The van der Waals surface area contributed by atoms with Crippen LogP contribution in [-0.2, 0) is 11.3 Å². The van der Waals surface area contributed by atoms with Gasteiger partial charge in [0.1, 0.15) is 5.65 Å². The van der Waals surface area contributed by atoms with Crippen LogP contribution in [0.1, 0.15) is 25.5 Å². The van der Waals surface area contributed by atoms with Gasteiger partial charge in [0.05, 0.1) is 5.69 Å². The molecule has 0 aromatic carbocycles. The van der Waals surface area contributed by atoms with Gasteiger partial charge in [-0.15, -0.1) is 0 Å². The van der Waals surface area contributed by atoms with Gasteiger partial charge >= 0.3 is 0 Å². The molecule has 0 bridgehead atoms. The number of piperazine rings is 1. The summed E-state index contributed by atoms with van der Waals surface area (Å²) in [5, 5.41) is 0.678. The number of fused-ring (bicyclic) bond motifs is 1. The van der Waals surface area contributed by atoms with E-state index in [0.29, 0.717) is 24.1 Å². The van der Waals surface area contributed by atoms with Crippen molar-refractivity contribution in [2.45, 2.75) is 26.3 Å². The summed E-state index contributed by atoms with van der Waals surface area (Å²) in [6.45, 7) is 6.48. The average Bonchev–Trinajstić information content (AvgIpc) is 2.99. The van der Waals surface area contributed by atoms with Crippen LogP contribution in [-0.4, -0.2) is 58.0 Å². The van der Waals surface area contributed by atoms with Crippen LogP contribution in [0.25, 0.3) is 11.0 Å². The van der Waals surface area contributed by atoms with Crippen molar-refractivity contribution >= 4 is 16.9 Å². The first-order valence-corrected chi connectivity index (χ1v) is 8.32. The molecular weight excluding hydrogens is 314 g/mol. The molecule has 2 aromatic heterocycles. The van der Waals surface area contributed by atoms with Crippen LogP contribution >= 0.6 is 0 Å². The molecule has 1 aliphatic heterocycles. The lowest BCUT2D eigenvalue weighted by molar-refractivity contribution is -0.133. The molecule has 1 fully saturated rings. The van der Waals surface area contributed by atoms with Crippen LogP contribution in [0.15, 0.2) is 24.4 Å². The third-order valence-corrected chi connectivity index (χ3v) is 4.63. The zero-order valence-electron chi connectivity index (χ0n) is 13.8. The van der Waals surface area contributed by atoms with Crippen LogP contribution in [0.5, 0.6) is 0 Å². The number of carbonyl (C=O) groups is 1. The van der Waals surface area contributed by atoms with Crippen molar-refractivity contribution < 1.29 is 13.6 Å². The van der Waals surface area contributed by atoms with Gasteiger partial charge < -0.3 is 14.4 Å². The van der Waals surface area contributed by atoms with Crippen molar-refractivity contribution in [1.29, 1.82) is 0 Å². The quantitative estimate of drug-likeness (QED) is 0.842. The summed E-state index contributed by atoms with van der Waals surface area (Å²) < 4.78 is 28.0. The van der Waals surface area contributed by atoms with E-state index < -0.39 is 6.43 Å². The second-order valence-corrected chi connectivity index (χ2v) is 6.00. The number of amides is 1. The summed E-state index contributed by atoms with van der Waals surface area (Å²) >= 11 is 0. The van der Waals surface area contributed by atoms with E-state index in [4.69, 9.17) is 0 Å². The zero-order valence-corrected chi connectivity index (χ0v) is 13.8. The molecule has 24 heavy (non-hydrogen) atoms. The van der Waals surface area contributed by atoms with Gasteiger partial charge in [0.2, 0.25) is 5.91 Å². The summed E-state index contributed by atoms with van der Waals surface area (Å²) in [5.74, 6) is 0.0174. The molecule has 5 nitrogen and oxygen atoms in total. The second-order valence-electron chi connectivity index (χ2n) is 6.00. The van der Waals surface area contributed by atoms with Crippen LogP contribution in [0, 0.1) is 0 Å². The predicted octanol–water partition coefficient (Wildman–Crippen LogP) is 2.53. The third kappa shape index (κ3) is 3.40. The van der Waals surface area contributed by atoms with Gasteiger partial charge in [0.15, 0.2) is 0 Å². The molecule has 1 aliphatic rings. The van der Waals surface area contributed by atoms with E-state index in [2.05, 4.69) is 16.8 Å². The number of rotatable bonds is 5. The first-order valence-electron chi connectivity index (χ1n) is 8.32. The Morgan fingerprint density at radius 1 is 1.29 bits per heavy atom. The van der Waals surface area contributed by atoms with Crippen molar-refractivity contribution in [2.24, 2.45) is 0 Å². The number of halogens is 2. The topological polar surface area (TPSA) is 41.4 Å². The van der Waals surface area contributed by atoms with E-state index in [1.54, 1.807) is 18.3 Å². The average molecular weight is 336 g/mol. The van der Waals surface area contributed by atoms with Gasteiger partial charge in [-0.3, -0.25) is 4.79 Å². The monoisotopic (exact) mass is 336 g/mol. The molecule has 3 heterocycles. The van der Waals surface area contributed by atoms with Crippen LogP contribution < -0.4 is 0 Å². The van der Waals surface area contributed by atoms with Gasteiger partial charge in [-0.2, -0.15) is 0 Å². The van der Waals surface area contributed by atoms with E-state index in [-0.39, 0.29) is 24.6 Å². The van der Waals surface area contributed by atoms with Crippen LogP contribution in [0.3, 0.4) is 0 Å². The summed E-state index contributed by atoms with van der Waals surface area (Å²) in [5.41, 5.74) is 0.434. The first kappa shape index (κ1) is 16.8. The third-order valence-electron chi connectivity index (χ3n) is 4.63. The molecular formula is C17H22F2N4O. The van der Waals surface area contributed by atoms with Crippen molar-refractivity contribution in [3.05, 3.63) is 30.1 Å². The maximum atomic E-state index is 13.3. The number of hydrogen-bond acceptors (Lipinski definition) is 3. The Kier molecular flexibility index (Phi) is 5.08. The highest BCUT2D eigenvalue weighted by Crippen LogP contribution is 2.26. The van der Waals surface area contributed by atoms with E-state index in [1.807, 2.05) is 4.90 Å². The smallest absolute Gasteiger partial charge is 0.278 e. The minimum Gasteiger partial charge on any atom is -0.340 e. The number of pyridine rings is 1. The molecule has 0 aliphatic carbocycles. The predicted molar refractivity (Wildman–Crippen MR) is 88.0 cm³/mol. The molecule has 130 valence electrons. The lowest BCUT2D eigenvalue weighted by atomic mass is 10.2. The fourth-order valence-electron chi connectivity index (χ4n) is 3.20. The Hall–Kier alpha value is -2.02. The fourth-order valence-corrected chi connectivity index (χ4v) is 3.20. The molecule has 0 N–H and O–H groups in total. The number of hydrogen-bond donors (Lipinski definition) is 0. The second kappa shape index (κ2) is 7.25. The van der Waals surface area contributed by atoms with Crippen molar-refractivity contribution in [3.63, 3.8) is 0 Å².